The van der Waals surface area contributed by atoms with Crippen LogP contribution in [0, 0.1) is 11.8 Å². The molecule has 2 aromatic carbocycles. The Balaban J connectivity index is 1.72. The number of benzene rings is 2. The van der Waals surface area contributed by atoms with Crippen molar-refractivity contribution in [2.24, 2.45) is 11.8 Å². The fraction of sp³-hybridized carbons (Fsp3) is 0.318. The highest BCUT2D eigenvalue weighted by atomic mass is 79.9. The summed E-state index contributed by atoms with van der Waals surface area (Å²) in [6, 6.07) is 13.4. The molecule has 2 aromatic rings. The van der Waals surface area contributed by atoms with Crippen molar-refractivity contribution >= 4 is 72.8 Å². The average molecular weight is 589 g/mol. The van der Waals surface area contributed by atoms with E-state index in [0.717, 1.165) is 5.01 Å². The van der Waals surface area contributed by atoms with E-state index in [2.05, 4.69) is 31.9 Å². The van der Waals surface area contributed by atoms with E-state index >= 15 is 0 Å². The van der Waals surface area contributed by atoms with Gasteiger partial charge in [0, 0.05) is 25.3 Å². The van der Waals surface area contributed by atoms with E-state index in [1.165, 1.54) is 5.01 Å². The van der Waals surface area contributed by atoms with E-state index in [1.54, 1.807) is 48.5 Å². The van der Waals surface area contributed by atoms with Crippen LogP contribution in [-0.2, 0) is 16.1 Å². The summed E-state index contributed by atoms with van der Waals surface area (Å²) >= 11 is 19.5. The van der Waals surface area contributed by atoms with Crippen LogP contribution in [0.5, 0.6) is 0 Å². The summed E-state index contributed by atoms with van der Waals surface area (Å²) in [5.74, 6) is -2.10. The number of imide groups is 1. The molecule has 0 bridgehead atoms. The van der Waals surface area contributed by atoms with Crippen LogP contribution in [0.15, 0.2) is 48.5 Å². The number of alkyl halides is 2. The van der Waals surface area contributed by atoms with Gasteiger partial charge in [-0.2, -0.15) is 5.01 Å². The van der Waals surface area contributed by atoms with Gasteiger partial charge < -0.3 is 0 Å². The topological polar surface area (TPSA) is 57.7 Å². The lowest BCUT2D eigenvalue weighted by atomic mass is 9.81. The second-order valence-electron chi connectivity index (χ2n) is 7.67. The van der Waals surface area contributed by atoms with E-state index in [9.17, 15) is 14.4 Å². The van der Waals surface area contributed by atoms with Gasteiger partial charge in [0.2, 0.25) is 0 Å². The molecule has 1 aliphatic heterocycles. The van der Waals surface area contributed by atoms with Gasteiger partial charge in [0.05, 0.1) is 18.4 Å². The number of nitrogens with zero attached hydrogens (tertiary/aromatic N) is 2. The molecule has 0 unspecified atom stereocenters. The Morgan fingerprint density at radius 3 is 2.03 bits per heavy atom. The molecule has 1 saturated carbocycles. The van der Waals surface area contributed by atoms with Crippen LogP contribution in [0.4, 0.5) is 0 Å². The van der Waals surface area contributed by atoms with Crippen molar-refractivity contribution in [3.8, 4) is 0 Å². The highest BCUT2D eigenvalue weighted by molar-refractivity contribution is 9.12. The normalized spacial score (nSPS) is 25.5. The Bertz CT molecular complexity index is 1010. The Labute approximate surface area is 206 Å². The molecule has 1 heterocycles. The predicted molar refractivity (Wildman–Crippen MR) is 126 cm³/mol. The largest absolute Gasteiger partial charge is 0.273 e. The smallest absolute Gasteiger partial charge is 0.272 e. The van der Waals surface area contributed by atoms with Gasteiger partial charge in [0.1, 0.15) is 0 Å². The molecule has 3 amide bonds. The standard InChI is InChI=1S/C22H18Br2Cl2N2O3/c23-17-9-15-16(10-18(17)24)22(31)28(21(15)30)27(11-13-3-1-2-4-19(13)26)20(29)12-5-7-14(25)8-6-12/h1-8,15-18H,9-11H2/t15-,16+,17-,18-/m0/s1. The third-order valence-corrected chi connectivity index (χ3v) is 9.09. The molecule has 9 heteroatoms. The lowest BCUT2D eigenvalue weighted by Gasteiger charge is -2.31. The van der Waals surface area contributed by atoms with Crippen LogP contribution in [0.2, 0.25) is 10.0 Å². The SMILES string of the molecule is O=C(c1ccc(Cl)cc1)N(Cc1ccccc1Cl)N1C(=O)[C@H]2C[C@H](Br)[C@@H](Br)C[C@H]2C1=O. The second-order valence-corrected chi connectivity index (χ2v) is 10.9. The molecular weight excluding hydrogens is 571 g/mol. The zero-order valence-corrected chi connectivity index (χ0v) is 20.9. The van der Waals surface area contributed by atoms with Crippen LogP contribution in [0.1, 0.15) is 28.8 Å². The van der Waals surface area contributed by atoms with Gasteiger partial charge in [-0.05, 0) is 48.7 Å². The lowest BCUT2D eigenvalue weighted by molar-refractivity contribution is -0.155. The van der Waals surface area contributed by atoms with Gasteiger partial charge in [-0.1, -0.05) is 73.3 Å². The van der Waals surface area contributed by atoms with E-state index in [4.69, 9.17) is 23.2 Å². The molecule has 1 aliphatic carbocycles. The van der Waals surface area contributed by atoms with Gasteiger partial charge >= 0.3 is 0 Å². The molecule has 4 atom stereocenters. The van der Waals surface area contributed by atoms with Gasteiger partial charge in [-0.15, -0.1) is 0 Å². The minimum atomic E-state index is -0.470. The van der Waals surface area contributed by atoms with Crippen LogP contribution in [0.3, 0.4) is 0 Å². The summed E-state index contributed by atoms with van der Waals surface area (Å²) in [6.07, 6.45) is 1.05. The summed E-state index contributed by atoms with van der Waals surface area (Å²) in [5.41, 5.74) is 0.961. The first-order valence-electron chi connectivity index (χ1n) is 9.74. The number of fused-ring (bicyclic) bond motifs is 1. The highest BCUT2D eigenvalue weighted by Crippen LogP contribution is 2.44. The molecule has 4 rings (SSSR count). The number of hydrazine groups is 1. The van der Waals surface area contributed by atoms with E-state index in [-0.39, 0.29) is 28.0 Å². The average Bonchev–Trinajstić information content (AvgIpc) is 2.98. The first-order valence-corrected chi connectivity index (χ1v) is 12.3. The van der Waals surface area contributed by atoms with Crippen molar-refractivity contribution in [2.45, 2.75) is 29.0 Å². The lowest BCUT2D eigenvalue weighted by Crippen LogP contribution is -2.49. The molecule has 2 aliphatic rings. The summed E-state index contributed by atoms with van der Waals surface area (Å²) in [7, 11) is 0. The van der Waals surface area contributed by atoms with E-state index in [0.29, 0.717) is 34.0 Å². The first-order chi connectivity index (χ1) is 14.8. The van der Waals surface area contributed by atoms with Gasteiger partial charge in [-0.3, -0.25) is 14.4 Å². The predicted octanol–water partition coefficient (Wildman–Crippen LogP) is 5.47. The minimum absolute atomic E-state index is 0.00641. The Hall–Kier alpha value is -1.41. The molecule has 0 N–H and O–H groups in total. The van der Waals surface area contributed by atoms with Crippen molar-refractivity contribution in [2.75, 3.05) is 0 Å². The van der Waals surface area contributed by atoms with Crippen molar-refractivity contribution in [1.29, 1.82) is 0 Å². The number of carbonyl (C=O) groups is 3. The van der Waals surface area contributed by atoms with Crippen molar-refractivity contribution in [3.05, 3.63) is 69.7 Å². The van der Waals surface area contributed by atoms with Crippen LogP contribution in [0.25, 0.3) is 0 Å². The second kappa shape index (κ2) is 9.22. The highest BCUT2D eigenvalue weighted by Gasteiger charge is 2.54. The number of hydrogen-bond acceptors (Lipinski definition) is 3. The molecule has 0 aromatic heterocycles. The Morgan fingerprint density at radius 1 is 0.935 bits per heavy atom. The summed E-state index contributed by atoms with van der Waals surface area (Å²) in [5, 5.41) is 3.18. The molecule has 0 spiro atoms. The summed E-state index contributed by atoms with van der Waals surface area (Å²) in [6.45, 7) is -0.00641. The number of rotatable bonds is 4. The zero-order chi connectivity index (χ0) is 22.3. The molecule has 1 saturated heterocycles. The van der Waals surface area contributed by atoms with Gasteiger partial charge in [0.25, 0.3) is 17.7 Å². The molecule has 5 nitrogen and oxygen atoms in total. The van der Waals surface area contributed by atoms with E-state index in [1.807, 2.05) is 0 Å². The third kappa shape index (κ3) is 4.42. The molecule has 31 heavy (non-hydrogen) atoms. The molecular formula is C22H18Br2Cl2N2O3. The summed E-state index contributed by atoms with van der Waals surface area (Å²) < 4.78 is 0. The third-order valence-electron chi connectivity index (χ3n) is 5.73. The number of halogens is 4. The number of carbonyl (C=O) groups excluding carboxylic acids is 3. The van der Waals surface area contributed by atoms with Crippen molar-refractivity contribution in [3.63, 3.8) is 0 Å². The first kappa shape index (κ1) is 22.8. The van der Waals surface area contributed by atoms with Gasteiger partial charge in [0.15, 0.2) is 0 Å². The Morgan fingerprint density at radius 2 is 1.48 bits per heavy atom. The van der Waals surface area contributed by atoms with Gasteiger partial charge in [-0.25, -0.2) is 5.01 Å². The molecule has 162 valence electrons. The van der Waals surface area contributed by atoms with Crippen molar-refractivity contribution in [1.82, 2.24) is 10.0 Å². The van der Waals surface area contributed by atoms with Crippen molar-refractivity contribution < 1.29 is 14.4 Å². The maximum absolute atomic E-state index is 13.5. The maximum Gasteiger partial charge on any atom is 0.273 e. The van der Waals surface area contributed by atoms with Crippen LogP contribution in [-0.4, -0.2) is 37.4 Å². The van der Waals surface area contributed by atoms with Crippen LogP contribution < -0.4 is 0 Å². The number of amides is 3. The van der Waals surface area contributed by atoms with Crippen LogP contribution >= 0.6 is 55.1 Å². The quantitative estimate of drug-likeness (QED) is 0.351. The molecule has 2 fully saturated rings. The van der Waals surface area contributed by atoms with E-state index < -0.39 is 17.7 Å². The summed E-state index contributed by atoms with van der Waals surface area (Å²) in [4.78, 5) is 40.3. The Kier molecular flexibility index (Phi) is 6.77. The fourth-order valence-corrected chi connectivity index (χ4v) is 5.64. The number of hydrogen-bond donors (Lipinski definition) is 0. The zero-order valence-electron chi connectivity index (χ0n) is 16.2. The minimum Gasteiger partial charge on any atom is -0.272 e. The monoisotopic (exact) mass is 586 g/mol. The molecule has 0 radical (unpaired) electrons. The fourth-order valence-electron chi connectivity index (χ4n) is 4.08. The maximum atomic E-state index is 13.5.